The third-order valence-corrected chi connectivity index (χ3v) is 5.10. The zero-order valence-electron chi connectivity index (χ0n) is 13.5. The van der Waals surface area contributed by atoms with Crippen molar-refractivity contribution in [2.45, 2.75) is 19.5 Å². The summed E-state index contributed by atoms with van der Waals surface area (Å²) in [6, 6.07) is 14.3. The van der Waals surface area contributed by atoms with Gasteiger partial charge >= 0.3 is 0 Å². The summed E-state index contributed by atoms with van der Waals surface area (Å²) < 4.78 is 7.52. The normalized spacial score (nSPS) is 12.1. The first-order valence-electron chi connectivity index (χ1n) is 7.61. The molecule has 0 aliphatic rings. The maximum absolute atomic E-state index is 12.4. The lowest BCUT2D eigenvalue weighted by Crippen LogP contribution is -2.33. The third kappa shape index (κ3) is 3.19. The lowest BCUT2D eigenvalue weighted by molar-refractivity contribution is -0.123. The van der Waals surface area contributed by atoms with Gasteiger partial charge in [0.15, 0.2) is 0 Å². The van der Waals surface area contributed by atoms with E-state index in [1.54, 1.807) is 20.1 Å². The minimum absolute atomic E-state index is 0.123. The molecule has 1 atom stereocenters. The quantitative estimate of drug-likeness (QED) is 0.775. The number of aromatic nitrogens is 1. The number of nitrogens with zero attached hydrogens (tertiary/aromatic N) is 1. The smallest absolute Gasteiger partial charge is 0.269 e. The predicted octanol–water partition coefficient (Wildman–Crippen LogP) is 2.95. The number of methoxy groups -OCH3 is 1. The predicted molar refractivity (Wildman–Crippen MR) is 95.6 cm³/mol. The lowest BCUT2D eigenvalue weighted by Gasteiger charge is -2.12. The Hall–Kier alpha value is -2.60. The number of amides is 1. The number of hydrogen-bond acceptors (Lipinski definition) is 4. The number of carbonyl (C=O) groups is 1. The molecule has 2 aromatic carbocycles. The van der Waals surface area contributed by atoms with Crippen LogP contribution in [-0.4, -0.2) is 17.0 Å². The molecule has 0 saturated heterocycles. The highest BCUT2D eigenvalue weighted by Crippen LogP contribution is 2.19. The monoisotopic (exact) mass is 342 g/mol. The maximum Gasteiger partial charge on any atom is 0.269 e. The van der Waals surface area contributed by atoms with E-state index in [1.165, 1.54) is 15.5 Å². The molecule has 1 N–H and O–H groups in total. The van der Waals surface area contributed by atoms with Crippen molar-refractivity contribution >= 4 is 27.5 Å². The van der Waals surface area contributed by atoms with E-state index >= 15 is 0 Å². The van der Waals surface area contributed by atoms with Crippen LogP contribution in [0.3, 0.4) is 0 Å². The summed E-state index contributed by atoms with van der Waals surface area (Å²) in [5, 5.41) is 3.52. The van der Waals surface area contributed by atoms with Gasteiger partial charge in [-0.25, -0.2) is 0 Å². The molecular weight excluding hydrogens is 324 g/mol. The Balaban J connectivity index is 1.71. The van der Waals surface area contributed by atoms with Crippen LogP contribution in [-0.2, 0) is 11.3 Å². The van der Waals surface area contributed by atoms with E-state index in [1.807, 2.05) is 42.5 Å². The average Bonchev–Trinajstić information content (AvgIpc) is 2.96. The van der Waals surface area contributed by atoms with E-state index in [4.69, 9.17) is 4.74 Å². The van der Waals surface area contributed by atoms with E-state index in [0.717, 1.165) is 16.0 Å². The molecule has 1 heterocycles. The number of benzene rings is 2. The minimum atomic E-state index is -0.548. The number of rotatable bonds is 5. The van der Waals surface area contributed by atoms with Crippen LogP contribution in [0.5, 0.6) is 5.75 Å². The highest BCUT2D eigenvalue weighted by Gasteiger charge is 2.19. The minimum Gasteiger partial charge on any atom is -0.497 e. The summed E-state index contributed by atoms with van der Waals surface area (Å²) in [7, 11) is 1.61. The Kier molecular flexibility index (Phi) is 4.66. The van der Waals surface area contributed by atoms with Gasteiger partial charge in [-0.05, 0) is 36.8 Å². The molecule has 24 heavy (non-hydrogen) atoms. The molecule has 0 radical (unpaired) electrons. The van der Waals surface area contributed by atoms with Crippen molar-refractivity contribution in [1.82, 2.24) is 9.27 Å². The molecule has 0 bridgehead atoms. The molecule has 0 spiro atoms. The molecule has 3 rings (SSSR count). The summed E-state index contributed by atoms with van der Waals surface area (Å²) in [6.45, 7) is 2.15. The van der Waals surface area contributed by atoms with Gasteiger partial charge in [0.25, 0.3) is 5.56 Å². The van der Waals surface area contributed by atoms with Crippen LogP contribution < -0.4 is 15.6 Å². The summed E-state index contributed by atoms with van der Waals surface area (Å²) in [5.41, 5.74) is 0.850. The van der Waals surface area contributed by atoms with Crippen molar-refractivity contribution in [2.24, 2.45) is 0 Å². The van der Waals surface area contributed by atoms with Gasteiger partial charge in [-0.3, -0.25) is 13.5 Å². The van der Waals surface area contributed by atoms with Crippen LogP contribution in [0.25, 0.3) is 10.1 Å². The fourth-order valence-electron chi connectivity index (χ4n) is 2.43. The van der Waals surface area contributed by atoms with Crippen molar-refractivity contribution in [2.75, 3.05) is 7.11 Å². The van der Waals surface area contributed by atoms with E-state index in [-0.39, 0.29) is 11.5 Å². The first-order chi connectivity index (χ1) is 11.6. The fraction of sp³-hybridized carbons (Fsp3) is 0.222. The first kappa shape index (κ1) is 16.3. The molecule has 1 unspecified atom stereocenters. The molecule has 0 fully saturated rings. The molecule has 6 heteroatoms. The second-order valence-corrected chi connectivity index (χ2v) is 6.48. The van der Waals surface area contributed by atoms with Gasteiger partial charge in [0.05, 0.1) is 17.2 Å². The van der Waals surface area contributed by atoms with Crippen LogP contribution in [0.15, 0.2) is 53.3 Å². The SMILES string of the molecule is COc1ccc(CNC(=O)C(C)n2sc3ccccc3c2=O)cc1. The van der Waals surface area contributed by atoms with Gasteiger partial charge in [0.1, 0.15) is 11.8 Å². The Morgan fingerprint density at radius 1 is 1.21 bits per heavy atom. The summed E-state index contributed by atoms with van der Waals surface area (Å²) in [4.78, 5) is 24.8. The van der Waals surface area contributed by atoms with Crippen LogP contribution >= 0.6 is 11.5 Å². The Morgan fingerprint density at radius 2 is 1.92 bits per heavy atom. The molecule has 0 aliphatic heterocycles. The number of nitrogens with one attached hydrogen (secondary N) is 1. The first-order valence-corrected chi connectivity index (χ1v) is 8.38. The summed E-state index contributed by atoms with van der Waals surface area (Å²) in [6.07, 6.45) is 0. The molecular formula is C18H18N2O3S. The van der Waals surface area contributed by atoms with Gasteiger partial charge in [0.2, 0.25) is 5.91 Å². The molecule has 5 nitrogen and oxygen atoms in total. The van der Waals surface area contributed by atoms with Crippen molar-refractivity contribution in [1.29, 1.82) is 0 Å². The molecule has 3 aromatic rings. The topological polar surface area (TPSA) is 60.3 Å². The zero-order valence-corrected chi connectivity index (χ0v) is 14.3. The van der Waals surface area contributed by atoms with E-state index in [2.05, 4.69) is 5.32 Å². The largest absolute Gasteiger partial charge is 0.497 e. The zero-order chi connectivity index (χ0) is 17.1. The van der Waals surface area contributed by atoms with Crippen molar-refractivity contribution in [3.63, 3.8) is 0 Å². The fourth-order valence-corrected chi connectivity index (χ4v) is 3.47. The molecule has 0 saturated carbocycles. The van der Waals surface area contributed by atoms with Crippen LogP contribution in [0.4, 0.5) is 0 Å². The second kappa shape index (κ2) is 6.88. The third-order valence-electron chi connectivity index (χ3n) is 3.87. The molecule has 1 aromatic heterocycles. The summed E-state index contributed by atoms with van der Waals surface area (Å²) in [5.74, 6) is 0.592. The van der Waals surface area contributed by atoms with Crippen molar-refractivity contribution < 1.29 is 9.53 Å². The summed E-state index contributed by atoms with van der Waals surface area (Å²) >= 11 is 1.31. The van der Waals surface area contributed by atoms with Gasteiger partial charge in [-0.2, -0.15) is 0 Å². The Morgan fingerprint density at radius 3 is 2.58 bits per heavy atom. The van der Waals surface area contributed by atoms with Crippen LogP contribution in [0.2, 0.25) is 0 Å². The highest BCUT2D eigenvalue weighted by molar-refractivity contribution is 7.14. The van der Waals surface area contributed by atoms with Crippen molar-refractivity contribution in [3.05, 3.63) is 64.4 Å². The van der Waals surface area contributed by atoms with E-state index < -0.39 is 6.04 Å². The number of carbonyl (C=O) groups excluding carboxylic acids is 1. The Bertz CT molecular complexity index is 912. The second-order valence-electron chi connectivity index (χ2n) is 5.46. The van der Waals surface area contributed by atoms with Gasteiger partial charge < -0.3 is 10.1 Å². The van der Waals surface area contributed by atoms with E-state index in [0.29, 0.717) is 11.9 Å². The molecule has 124 valence electrons. The molecule has 0 aliphatic carbocycles. The molecule has 1 amide bonds. The van der Waals surface area contributed by atoms with Gasteiger partial charge in [-0.1, -0.05) is 35.8 Å². The van der Waals surface area contributed by atoms with Crippen LogP contribution in [0, 0.1) is 0 Å². The maximum atomic E-state index is 12.4. The highest BCUT2D eigenvalue weighted by atomic mass is 32.1. The number of fused-ring (bicyclic) bond motifs is 1. The number of hydrogen-bond donors (Lipinski definition) is 1. The van der Waals surface area contributed by atoms with E-state index in [9.17, 15) is 9.59 Å². The Labute approximate surface area is 143 Å². The van der Waals surface area contributed by atoms with Gasteiger partial charge in [0, 0.05) is 6.54 Å². The lowest BCUT2D eigenvalue weighted by atomic mass is 10.2. The number of ether oxygens (including phenoxy) is 1. The van der Waals surface area contributed by atoms with Crippen molar-refractivity contribution in [3.8, 4) is 5.75 Å². The van der Waals surface area contributed by atoms with Crippen LogP contribution in [0.1, 0.15) is 18.5 Å². The average molecular weight is 342 g/mol. The van der Waals surface area contributed by atoms with Gasteiger partial charge in [-0.15, -0.1) is 0 Å². The standard InChI is InChI=1S/C18H18N2O3S/c1-12(20-18(22)15-5-3-4-6-16(15)24-20)17(21)19-11-13-7-9-14(23-2)10-8-13/h3-10,12H,11H2,1-2H3,(H,19,21).